The van der Waals surface area contributed by atoms with Crippen molar-refractivity contribution < 1.29 is 68.6 Å². The number of ketones is 1. The minimum absolute atomic E-state index is 0.127. The maximum absolute atomic E-state index is 12.4. The number of aromatic nitrogens is 2. The molecule has 1 aromatic rings. The van der Waals surface area contributed by atoms with E-state index < -0.39 is 93.9 Å². The van der Waals surface area contributed by atoms with Crippen LogP contribution in [-0.2, 0) is 27.9 Å². The number of carboxylic acid groups (broad SMARTS) is 1. The standard InChI is InChI=1S/C17H26N3O15P/c18-10-1-2-20(17(30)19-10)15-13(27)12(26)9(34-15)5-33-36(31,32)35-14(11(25)8(24)4-21)6(22)3-7(23)16(28)29/h1-2,6,8-9,11-15,21-22,24-27H,3-5H2,(H,28,29)(H,31,32)(H2,18,19,30)/t6-,8-,9-,11-,12-,13-,14-,15-/m1/s1. The summed E-state index contributed by atoms with van der Waals surface area (Å²) in [7, 11) is -5.32. The van der Waals surface area contributed by atoms with Crippen molar-refractivity contribution >= 4 is 25.4 Å². The number of hydrogen-bond acceptors (Lipinski definition) is 15. The van der Waals surface area contributed by atoms with Crippen molar-refractivity contribution in [1.82, 2.24) is 9.55 Å². The van der Waals surface area contributed by atoms with Crippen LogP contribution < -0.4 is 11.4 Å². The van der Waals surface area contributed by atoms with Gasteiger partial charge in [-0.05, 0) is 6.07 Å². The average Bonchev–Trinajstić information content (AvgIpc) is 3.08. The van der Waals surface area contributed by atoms with Crippen LogP contribution >= 0.6 is 7.82 Å². The number of aliphatic carboxylic acids is 1. The van der Waals surface area contributed by atoms with Gasteiger partial charge in [0.05, 0.1) is 19.3 Å². The van der Waals surface area contributed by atoms with Crippen molar-refractivity contribution in [3.63, 3.8) is 0 Å². The lowest BCUT2D eigenvalue weighted by molar-refractivity contribution is -0.152. The molecule has 1 aliphatic heterocycles. The number of phosphoric ester groups is 1. The van der Waals surface area contributed by atoms with Gasteiger partial charge in [-0.1, -0.05) is 0 Å². The Morgan fingerprint density at radius 2 is 1.86 bits per heavy atom. The van der Waals surface area contributed by atoms with Gasteiger partial charge in [-0.15, -0.1) is 0 Å². The molecule has 0 aliphatic carbocycles. The van der Waals surface area contributed by atoms with E-state index in [0.29, 0.717) is 0 Å². The minimum Gasteiger partial charge on any atom is -0.475 e. The number of nitrogens with zero attached hydrogens (tertiary/aromatic N) is 2. The maximum atomic E-state index is 12.4. The number of aliphatic hydroxyl groups is 6. The molecule has 36 heavy (non-hydrogen) atoms. The van der Waals surface area contributed by atoms with E-state index in [1.54, 1.807) is 0 Å². The number of nitrogen functional groups attached to an aromatic ring is 1. The van der Waals surface area contributed by atoms with Crippen molar-refractivity contribution in [2.24, 2.45) is 0 Å². The molecule has 2 heterocycles. The maximum Gasteiger partial charge on any atom is 0.472 e. The van der Waals surface area contributed by atoms with Gasteiger partial charge in [0.15, 0.2) is 6.23 Å². The van der Waals surface area contributed by atoms with Gasteiger partial charge in [-0.25, -0.2) is 14.2 Å². The van der Waals surface area contributed by atoms with Crippen molar-refractivity contribution in [3.05, 3.63) is 22.7 Å². The van der Waals surface area contributed by atoms with E-state index in [1.165, 1.54) is 6.07 Å². The largest absolute Gasteiger partial charge is 0.475 e. The summed E-state index contributed by atoms with van der Waals surface area (Å²) in [6.07, 6.45) is -15.5. The molecule has 204 valence electrons. The second-order valence-electron chi connectivity index (χ2n) is 7.66. The summed E-state index contributed by atoms with van der Waals surface area (Å²) in [5.74, 6) is -3.66. The highest BCUT2D eigenvalue weighted by Crippen LogP contribution is 2.47. The summed E-state index contributed by atoms with van der Waals surface area (Å²) >= 11 is 0. The zero-order valence-electron chi connectivity index (χ0n) is 18.2. The van der Waals surface area contributed by atoms with Gasteiger partial charge in [0.2, 0.25) is 5.78 Å². The highest BCUT2D eigenvalue weighted by atomic mass is 31.2. The van der Waals surface area contributed by atoms with Crippen LogP contribution in [0, 0.1) is 0 Å². The lowest BCUT2D eigenvalue weighted by Crippen LogP contribution is -2.48. The Hall–Kier alpha value is -2.35. The number of rotatable bonds is 13. The first kappa shape index (κ1) is 29.9. The first-order valence-corrected chi connectivity index (χ1v) is 11.6. The fraction of sp³-hybridized carbons (Fsp3) is 0.647. The number of phosphoric acid groups is 1. The third kappa shape index (κ3) is 7.34. The van der Waals surface area contributed by atoms with Crippen LogP contribution in [0.2, 0.25) is 0 Å². The number of anilines is 1. The predicted molar refractivity (Wildman–Crippen MR) is 112 cm³/mol. The zero-order chi connectivity index (χ0) is 27.4. The van der Waals surface area contributed by atoms with Crippen LogP contribution in [0.5, 0.6) is 0 Å². The molecule has 19 heteroatoms. The molecule has 18 nitrogen and oxygen atoms in total. The zero-order valence-corrected chi connectivity index (χ0v) is 19.1. The van der Waals surface area contributed by atoms with E-state index in [4.69, 9.17) is 20.7 Å². The van der Waals surface area contributed by atoms with Gasteiger partial charge in [0, 0.05) is 12.6 Å². The highest BCUT2D eigenvalue weighted by Gasteiger charge is 2.46. The summed E-state index contributed by atoms with van der Waals surface area (Å²) in [5, 5.41) is 67.7. The molecule has 10 N–H and O–H groups in total. The predicted octanol–water partition coefficient (Wildman–Crippen LogP) is -4.93. The van der Waals surface area contributed by atoms with E-state index in [2.05, 4.69) is 14.0 Å². The van der Waals surface area contributed by atoms with Crippen LogP contribution in [0.4, 0.5) is 5.82 Å². The Bertz CT molecular complexity index is 1040. The van der Waals surface area contributed by atoms with Crippen molar-refractivity contribution in [2.45, 2.75) is 55.4 Å². The number of carbonyl (C=O) groups is 2. The lowest BCUT2D eigenvalue weighted by Gasteiger charge is -2.30. The van der Waals surface area contributed by atoms with Crippen LogP contribution in [0.1, 0.15) is 12.6 Å². The van der Waals surface area contributed by atoms with Crippen molar-refractivity contribution in [3.8, 4) is 0 Å². The monoisotopic (exact) mass is 543 g/mol. The molecule has 0 saturated carbocycles. The number of Topliss-reactive ketones (excluding diaryl/α,β-unsaturated/α-hetero) is 1. The molecule has 1 aliphatic rings. The second-order valence-corrected chi connectivity index (χ2v) is 9.07. The highest BCUT2D eigenvalue weighted by molar-refractivity contribution is 7.47. The lowest BCUT2D eigenvalue weighted by atomic mass is 9.99. The Morgan fingerprint density at radius 1 is 1.22 bits per heavy atom. The molecule has 9 atom stereocenters. The van der Waals surface area contributed by atoms with Crippen molar-refractivity contribution in [1.29, 1.82) is 0 Å². The summed E-state index contributed by atoms with van der Waals surface area (Å²) in [5.41, 5.74) is 4.44. The molecule has 0 aromatic carbocycles. The second kappa shape index (κ2) is 12.3. The molecule has 0 bridgehead atoms. The minimum atomic E-state index is -5.32. The van der Waals surface area contributed by atoms with Gasteiger partial charge >= 0.3 is 19.5 Å². The third-order valence-corrected chi connectivity index (χ3v) is 6.04. The summed E-state index contributed by atoms with van der Waals surface area (Å²) < 4.78 is 27.8. The van der Waals surface area contributed by atoms with Crippen LogP contribution in [0.25, 0.3) is 0 Å². The molecule has 0 radical (unpaired) electrons. The Morgan fingerprint density at radius 3 is 2.42 bits per heavy atom. The SMILES string of the molecule is Nc1ccn([C@@H]2O[C@H](COP(=O)(O)O[C@@H]([C@H](O)[C@H](O)CO)[C@H](O)CC(=O)C(=O)O)[C@@H](O)[C@H]2O)c(=O)n1. The smallest absolute Gasteiger partial charge is 0.472 e. The van der Waals surface area contributed by atoms with E-state index >= 15 is 0 Å². The van der Waals surface area contributed by atoms with Crippen LogP contribution in [0.15, 0.2) is 17.1 Å². The van der Waals surface area contributed by atoms with E-state index in [0.717, 1.165) is 10.8 Å². The van der Waals surface area contributed by atoms with Crippen molar-refractivity contribution in [2.75, 3.05) is 18.9 Å². The van der Waals surface area contributed by atoms with E-state index in [-0.39, 0.29) is 5.82 Å². The molecule has 1 unspecified atom stereocenters. The van der Waals surface area contributed by atoms with Gasteiger partial charge in [-0.3, -0.25) is 18.4 Å². The normalized spacial score (nSPS) is 27.1. The molecule has 1 fully saturated rings. The third-order valence-electron chi connectivity index (χ3n) is 5.05. The topological polar surface area (TPSA) is 302 Å². The van der Waals surface area contributed by atoms with Crippen LogP contribution in [0.3, 0.4) is 0 Å². The first-order valence-electron chi connectivity index (χ1n) is 10.1. The van der Waals surface area contributed by atoms with Gasteiger partial charge in [-0.2, -0.15) is 4.98 Å². The fourth-order valence-corrected chi connectivity index (χ4v) is 4.12. The molecule has 2 rings (SSSR count). The number of nitrogens with two attached hydrogens (primary N) is 1. The molecule has 0 amide bonds. The van der Waals surface area contributed by atoms with E-state index in [1.807, 2.05) is 0 Å². The number of hydrogen-bond donors (Lipinski definition) is 9. The Kier molecular flexibility index (Phi) is 10.2. The molecular weight excluding hydrogens is 517 g/mol. The number of aliphatic hydroxyl groups excluding tert-OH is 6. The fourth-order valence-electron chi connectivity index (χ4n) is 3.15. The molecule has 0 spiro atoms. The van der Waals surface area contributed by atoms with Gasteiger partial charge in [0.25, 0.3) is 0 Å². The molecule has 1 aromatic heterocycles. The first-order chi connectivity index (χ1) is 16.7. The Labute approximate surface area is 201 Å². The van der Waals surface area contributed by atoms with Gasteiger partial charge in [0.1, 0.15) is 42.4 Å². The van der Waals surface area contributed by atoms with E-state index in [9.17, 15) is 49.4 Å². The average molecular weight is 543 g/mol. The summed E-state index contributed by atoms with van der Waals surface area (Å²) in [6, 6.07) is 1.20. The summed E-state index contributed by atoms with van der Waals surface area (Å²) in [4.78, 5) is 47.5. The number of carbonyl (C=O) groups excluding carboxylic acids is 1. The number of carboxylic acids is 1. The van der Waals surface area contributed by atoms with Gasteiger partial charge < -0.3 is 51.1 Å². The summed E-state index contributed by atoms with van der Waals surface area (Å²) in [6.45, 7) is -2.08. The Balaban J connectivity index is 2.12. The molecule has 1 saturated heterocycles. The number of ether oxygens (including phenoxy) is 1. The van der Waals surface area contributed by atoms with Crippen LogP contribution in [-0.4, -0.2) is 118 Å². The molecular formula is C17H26N3O15P. The quantitative estimate of drug-likeness (QED) is 0.0831.